The van der Waals surface area contributed by atoms with Crippen molar-refractivity contribution in [2.45, 2.75) is 75.7 Å². The predicted molar refractivity (Wildman–Crippen MR) is 173 cm³/mol. The number of β-amino-alcohol motifs (C(OH)–C–C–N with tert-alkyl or cyclic N) is 1. The van der Waals surface area contributed by atoms with Gasteiger partial charge in [-0.3, -0.25) is 9.88 Å². The van der Waals surface area contributed by atoms with E-state index in [0.29, 0.717) is 72.9 Å². The summed E-state index contributed by atoms with van der Waals surface area (Å²) in [5.41, 5.74) is -1.07. The number of fused-ring (bicyclic) bond motifs is 3. The first-order valence-electron chi connectivity index (χ1n) is 16.3. The molecule has 250 valence electrons. The van der Waals surface area contributed by atoms with Crippen LogP contribution in [0, 0.1) is 11.6 Å². The van der Waals surface area contributed by atoms with Gasteiger partial charge in [0.1, 0.15) is 41.4 Å². The molecule has 12 heteroatoms. The first-order valence-corrected chi connectivity index (χ1v) is 16.3. The van der Waals surface area contributed by atoms with E-state index in [1.165, 1.54) is 24.4 Å². The van der Waals surface area contributed by atoms with E-state index in [-0.39, 0.29) is 47.7 Å². The van der Waals surface area contributed by atoms with E-state index in [1.807, 2.05) is 11.8 Å². The van der Waals surface area contributed by atoms with Crippen LogP contribution in [0.4, 0.5) is 19.0 Å². The summed E-state index contributed by atoms with van der Waals surface area (Å²) in [5, 5.41) is 22.8. The number of pyridine rings is 1. The Bertz CT molecular complexity index is 1840. The lowest BCUT2D eigenvalue weighted by Crippen LogP contribution is -2.48. The van der Waals surface area contributed by atoms with Crippen LogP contribution in [0.5, 0.6) is 11.8 Å². The number of ether oxygens (including phenoxy) is 2. The average molecular weight is 652 g/mol. The summed E-state index contributed by atoms with van der Waals surface area (Å²) in [4.78, 5) is 17.8. The summed E-state index contributed by atoms with van der Waals surface area (Å²) in [6, 6.07) is 5.80. The van der Waals surface area contributed by atoms with Crippen molar-refractivity contribution in [2.75, 3.05) is 44.9 Å². The molecule has 0 bridgehead atoms. The van der Waals surface area contributed by atoms with Gasteiger partial charge in [-0.2, -0.15) is 9.97 Å². The number of phenols is 1. The van der Waals surface area contributed by atoms with Crippen LogP contribution in [0.2, 0.25) is 0 Å². The Morgan fingerprint density at radius 1 is 1.15 bits per heavy atom. The smallest absolute Gasteiger partial charge is 0.319 e. The third-order valence-electron chi connectivity index (χ3n) is 10.2. The van der Waals surface area contributed by atoms with Gasteiger partial charge in [-0.15, -0.1) is 0 Å². The second kappa shape index (κ2) is 12.1. The van der Waals surface area contributed by atoms with Crippen LogP contribution >= 0.6 is 0 Å². The molecule has 5 heterocycles. The SMILES string of the molecule is CCc1c(F)ccc2cc(O)cc(-c3ncc4c(N5CCCC(C)(O)C5)nc(OCC56CCC(COC)N5C[C@H](F)C6)nc4c3F)c12. The highest BCUT2D eigenvalue weighted by atomic mass is 19.1. The van der Waals surface area contributed by atoms with Gasteiger partial charge in [0.15, 0.2) is 5.82 Å². The van der Waals surface area contributed by atoms with Crippen molar-refractivity contribution in [3.63, 3.8) is 0 Å². The molecule has 3 fully saturated rings. The first kappa shape index (κ1) is 31.8. The average Bonchev–Trinajstić information content (AvgIpc) is 3.53. The number of phenolic OH excluding ortho intramolecular Hbond substituents is 1. The molecular formula is C35H40F3N5O4. The second-order valence-electron chi connectivity index (χ2n) is 13.6. The number of methoxy groups -OCH3 is 1. The number of alkyl halides is 1. The van der Waals surface area contributed by atoms with Gasteiger partial charge in [-0.1, -0.05) is 13.0 Å². The monoisotopic (exact) mass is 651 g/mol. The van der Waals surface area contributed by atoms with E-state index in [2.05, 4.69) is 14.9 Å². The van der Waals surface area contributed by atoms with Crippen LogP contribution in [0.1, 0.15) is 51.5 Å². The Morgan fingerprint density at radius 2 is 1.98 bits per heavy atom. The highest BCUT2D eigenvalue weighted by Gasteiger charge is 2.53. The molecule has 0 radical (unpaired) electrons. The van der Waals surface area contributed by atoms with Gasteiger partial charge in [0.05, 0.1) is 23.1 Å². The Balaban J connectivity index is 1.35. The van der Waals surface area contributed by atoms with E-state index in [4.69, 9.17) is 14.5 Å². The maximum Gasteiger partial charge on any atom is 0.319 e. The summed E-state index contributed by atoms with van der Waals surface area (Å²) in [7, 11) is 1.64. The number of aromatic hydroxyl groups is 1. The van der Waals surface area contributed by atoms with Crippen molar-refractivity contribution in [3.05, 3.63) is 47.7 Å². The number of hydrogen-bond donors (Lipinski definition) is 2. The molecule has 3 saturated heterocycles. The molecule has 0 aliphatic carbocycles. The van der Waals surface area contributed by atoms with Gasteiger partial charge in [0.25, 0.3) is 0 Å². The Hall–Kier alpha value is -3.74. The number of piperidine rings is 1. The van der Waals surface area contributed by atoms with Crippen molar-refractivity contribution in [1.29, 1.82) is 0 Å². The highest BCUT2D eigenvalue weighted by molar-refractivity contribution is 6.01. The Labute approximate surface area is 271 Å². The zero-order valence-electron chi connectivity index (χ0n) is 26.9. The summed E-state index contributed by atoms with van der Waals surface area (Å²) in [6.45, 7) is 5.31. The number of anilines is 1. The van der Waals surface area contributed by atoms with Crippen LogP contribution in [0.3, 0.4) is 0 Å². The number of nitrogens with zero attached hydrogens (tertiary/aromatic N) is 5. The molecular weight excluding hydrogens is 611 g/mol. The molecule has 4 atom stereocenters. The van der Waals surface area contributed by atoms with Gasteiger partial charge in [-0.25, -0.2) is 13.2 Å². The predicted octanol–water partition coefficient (Wildman–Crippen LogP) is 5.71. The maximum absolute atomic E-state index is 16.8. The number of aliphatic hydroxyl groups is 1. The molecule has 0 spiro atoms. The first-order chi connectivity index (χ1) is 22.5. The van der Waals surface area contributed by atoms with Crippen LogP contribution in [-0.2, 0) is 11.2 Å². The Morgan fingerprint density at radius 3 is 2.74 bits per heavy atom. The number of halogens is 3. The number of rotatable bonds is 8. The lowest BCUT2D eigenvalue weighted by atomic mass is 9.94. The van der Waals surface area contributed by atoms with Crippen molar-refractivity contribution in [2.24, 2.45) is 0 Å². The van der Waals surface area contributed by atoms with Crippen molar-refractivity contribution >= 4 is 27.5 Å². The summed E-state index contributed by atoms with van der Waals surface area (Å²) < 4.78 is 58.3. The molecule has 7 rings (SSSR count). The van der Waals surface area contributed by atoms with Gasteiger partial charge in [0, 0.05) is 51.0 Å². The minimum Gasteiger partial charge on any atom is -0.508 e. The number of benzene rings is 2. The van der Waals surface area contributed by atoms with E-state index >= 15 is 4.39 Å². The summed E-state index contributed by atoms with van der Waals surface area (Å²) in [6.07, 6.45) is 4.01. The quantitative estimate of drug-likeness (QED) is 0.248. The van der Waals surface area contributed by atoms with Crippen LogP contribution in [-0.4, -0.2) is 93.4 Å². The van der Waals surface area contributed by atoms with Gasteiger partial charge < -0.3 is 24.6 Å². The van der Waals surface area contributed by atoms with Crippen LogP contribution < -0.4 is 9.64 Å². The van der Waals surface area contributed by atoms with Crippen molar-refractivity contribution < 1.29 is 32.9 Å². The maximum atomic E-state index is 16.8. The lowest BCUT2D eigenvalue weighted by Gasteiger charge is -2.38. The van der Waals surface area contributed by atoms with Gasteiger partial charge in [0.2, 0.25) is 0 Å². The number of aromatic nitrogens is 3. The van der Waals surface area contributed by atoms with Crippen molar-refractivity contribution in [1.82, 2.24) is 19.9 Å². The number of aryl methyl sites for hydroxylation is 1. The highest BCUT2D eigenvalue weighted by Crippen LogP contribution is 2.44. The molecule has 4 aromatic rings. The van der Waals surface area contributed by atoms with Gasteiger partial charge >= 0.3 is 6.01 Å². The molecule has 3 aliphatic rings. The molecule has 3 aliphatic heterocycles. The summed E-state index contributed by atoms with van der Waals surface area (Å²) >= 11 is 0. The largest absolute Gasteiger partial charge is 0.508 e. The van der Waals surface area contributed by atoms with E-state index < -0.39 is 28.9 Å². The van der Waals surface area contributed by atoms with Gasteiger partial charge in [-0.05, 0) is 73.6 Å². The zero-order valence-corrected chi connectivity index (χ0v) is 26.9. The third-order valence-corrected chi connectivity index (χ3v) is 10.2. The number of hydrogen-bond acceptors (Lipinski definition) is 9. The third kappa shape index (κ3) is 5.63. The lowest BCUT2D eigenvalue weighted by molar-refractivity contribution is 0.0445. The topological polar surface area (TPSA) is 104 Å². The molecule has 3 unspecified atom stereocenters. The molecule has 2 aromatic heterocycles. The fourth-order valence-corrected chi connectivity index (χ4v) is 8.10. The molecule has 9 nitrogen and oxygen atoms in total. The Kier molecular flexibility index (Phi) is 8.16. The molecule has 2 N–H and O–H groups in total. The fourth-order valence-electron chi connectivity index (χ4n) is 8.10. The van der Waals surface area contributed by atoms with Crippen molar-refractivity contribution in [3.8, 4) is 23.0 Å². The van der Waals surface area contributed by atoms with E-state index in [1.54, 1.807) is 20.1 Å². The van der Waals surface area contributed by atoms with Crippen LogP contribution in [0.15, 0.2) is 30.5 Å². The molecule has 2 aromatic carbocycles. The molecule has 47 heavy (non-hydrogen) atoms. The zero-order chi connectivity index (χ0) is 33.1. The van der Waals surface area contributed by atoms with E-state index in [9.17, 15) is 19.0 Å². The molecule has 0 saturated carbocycles. The standard InChI is InChI=1S/C35H40F3N5O4/c1-4-24-27(37)7-6-20-12-23(44)13-25(28(20)24)30-29(38)31-26(15-39-30)32(42-11-5-9-34(2,45)18-42)41-33(40-31)47-19-35-10-8-22(17-46-3)43(35)16-21(36)14-35/h6-7,12-13,15,21-22,44-45H,4-5,8-11,14,16-19H2,1-3H3/t21-,22?,34?,35?/m1/s1. The fraction of sp³-hybridized carbons (Fsp3) is 0.514. The summed E-state index contributed by atoms with van der Waals surface area (Å²) in [5.74, 6) is -0.943. The minimum atomic E-state index is -0.997. The normalized spacial score (nSPS) is 26.4. The molecule has 0 amide bonds. The van der Waals surface area contributed by atoms with E-state index in [0.717, 1.165) is 12.8 Å². The minimum absolute atomic E-state index is 0.0565. The second-order valence-corrected chi connectivity index (χ2v) is 13.6. The van der Waals surface area contributed by atoms with Crippen LogP contribution in [0.25, 0.3) is 32.9 Å².